The number of thiophene rings is 1. The van der Waals surface area contributed by atoms with Gasteiger partial charge in [-0.1, -0.05) is 17.4 Å². The molecular weight excluding hydrogens is 324 g/mol. The molecule has 0 aliphatic carbocycles. The van der Waals surface area contributed by atoms with Gasteiger partial charge >= 0.3 is 10.8 Å². The Morgan fingerprint density at radius 2 is 2.18 bits per heavy atom. The van der Waals surface area contributed by atoms with Gasteiger partial charge in [0.15, 0.2) is 6.10 Å². The molecule has 0 bridgehead atoms. The minimum absolute atomic E-state index is 0.184. The topological polar surface area (TPSA) is 77.4 Å². The van der Waals surface area contributed by atoms with Crippen LogP contribution in [-0.4, -0.2) is 22.5 Å². The van der Waals surface area contributed by atoms with Crippen molar-refractivity contribution in [3.05, 3.63) is 43.1 Å². The molecule has 1 N–H and O–H groups in total. The van der Waals surface area contributed by atoms with E-state index in [0.717, 1.165) is 16.2 Å². The van der Waals surface area contributed by atoms with Gasteiger partial charge in [0.1, 0.15) is 6.54 Å². The Labute approximate surface area is 135 Å². The molecule has 0 aliphatic heterocycles. The fourth-order valence-electron chi connectivity index (χ4n) is 1.74. The summed E-state index contributed by atoms with van der Waals surface area (Å²) in [6.07, 6.45) is -0.901. The predicted molar refractivity (Wildman–Crippen MR) is 85.0 cm³/mol. The summed E-state index contributed by atoms with van der Waals surface area (Å²) in [5.74, 6) is -0.974. The van der Waals surface area contributed by atoms with Gasteiger partial charge in [-0.25, -0.2) is 0 Å². The molecule has 0 saturated heterocycles. The van der Waals surface area contributed by atoms with E-state index >= 15 is 0 Å². The lowest BCUT2D eigenvalue weighted by atomic mass is 10.3. The van der Waals surface area contributed by atoms with Crippen molar-refractivity contribution < 1.29 is 14.3 Å². The largest absolute Gasteiger partial charge is 0.451 e. The number of hydrogen-bond donors (Lipinski definition) is 1. The number of esters is 1. The van der Waals surface area contributed by atoms with Crippen LogP contribution in [0.4, 0.5) is 0 Å². The molecule has 22 heavy (non-hydrogen) atoms. The molecule has 0 aliphatic rings. The number of ether oxygens (including phenoxy) is 1. The first-order chi connectivity index (χ1) is 10.5. The molecule has 0 aromatic carbocycles. The third-order valence-electron chi connectivity index (χ3n) is 2.96. The summed E-state index contributed by atoms with van der Waals surface area (Å²) in [4.78, 5) is 36.0. The molecular formula is C14H16N2O4S2. The monoisotopic (exact) mass is 340 g/mol. The zero-order valence-corrected chi connectivity index (χ0v) is 13.8. The minimum atomic E-state index is -0.901. The molecule has 1 atom stereocenters. The van der Waals surface area contributed by atoms with Gasteiger partial charge in [0, 0.05) is 16.0 Å². The van der Waals surface area contributed by atoms with Crippen molar-refractivity contribution in [1.29, 1.82) is 0 Å². The third-order valence-corrected chi connectivity index (χ3v) is 4.72. The first-order valence-corrected chi connectivity index (χ1v) is 8.38. The zero-order valence-electron chi connectivity index (χ0n) is 12.2. The fourth-order valence-corrected chi connectivity index (χ4v) is 3.12. The van der Waals surface area contributed by atoms with Crippen LogP contribution < -0.4 is 10.2 Å². The van der Waals surface area contributed by atoms with Crippen molar-refractivity contribution in [2.45, 2.75) is 33.0 Å². The summed E-state index contributed by atoms with van der Waals surface area (Å²) in [6, 6.07) is 3.81. The van der Waals surface area contributed by atoms with Gasteiger partial charge in [-0.05, 0) is 25.3 Å². The standard InChI is InChI=1S/C14H16N2O4S2/c1-9-8-22-14(19)16(9)7-12(17)20-10(2)13(18)15-6-11-4-3-5-21-11/h3-5,8,10H,6-7H2,1-2H3,(H,15,18)/t10-/m1/s1. The van der Waals surface area contributed by atoms with Crippen LogP contribution >= 0.6 is 22.7 Å². The van der Waals surface area contributed by atoms with Crippen LogP contribution in [0.3, 0.4) is 0 Å². The number of hydrogen-bond acceptors (Lipinski definition) is 6. The maximum absolute atomic E-state index is 11.9. The number of amides is 1. The summed E-state index contributed by atoms with van der Waals surface area (Å²) < 4.78 is 6.39. The Morgan fingerprint density at radius 3 is 2.77 bits per heavy atom. The Bertz CT molecular complexity index is 703. The van der Waals surface area contributed by atoms with E-state index in [1.54, 1.807) is 12.3 Å². The maximum Gasteiger partial charge on any atom is 0.326 e. The number of carbonyl (C=O) groups excluding carboxylic acids is 2. The first-order valence-electron chi connectivity index (χ1n) is 6.62. The molecule has 0 saturated carbocycles. The number of thiazole rings is 1. The van der Waals surface area contributed by atoms with Crippen LogP contribution in [0, 0.1) is 6.92 Å². The number of carbonyl (C=O) groups is 2. The second-order valence-electron chi connectivity index (χ2n) is 4.66. The first kappa shape index (κ1) is 16.4. The van der Waals surface area contributed by atoms with Crippen LogP contribution in [0.15, 0.2) is 27.7 Å². The van der Waals surface area contributed by atoms with E-state index in [4.69, 9.17) is 4.74 Å². The Kier molecular flexibility index (Phi) is 5.51. The molecule has 6 nitrogen and oxygen atoms in total. The average molecular weight is 340 g/mol. The highest BCUT2D eigenvalue weighted by atomic mass is 32.1. The van der Waals surface area contributed by atoms with Crippen LogP contribution in [0.5, 0.6) is 0 Å². The summed E-state index contributed by atoms with van der Waals surface area (Å²) >= 11 is 2.56. The van der Waals surface area contributed by atoms with Gasteiger partial charge in [-0.15, -0.1) is 11.3 Å². The van der Waals surface area contributed by atoms with Gasteiger partial charge in [0.2, 0.25) is 0 Å². The minimum Gasteiger partial charge on any atom is -0.451 e. The number of aromatic nitrogens is 1. The maximum atomic E-state index is 11.9. The lowest BCUT2D eigenvalue weighted by Crippen LogP contribution is -2.36. The highest BCUT2D eigenvalue weighted by Crippen LogP contribution is 2.07. The van der Waals surface area contributed by atoms with Crippen molar-refractivity contribution in [2.24, 2.45) is 0 Å². The van der Waals surface area contributed by atoms with Crippen LogP contribution in [0.25, 0.3) is 0 Å². The molecule has 1 amide bonds. The molecule has 2 rings (SSSR count). The van der Waals surface area contributed by atoms with Gasteiger partial charge in [0.05, 0.1) is 6.54 Å². The fraction of sp³-hybridized carbons (Fsp3) is 0.357. The summed E-state index contributed by atoms with van der Waals surface area (Å²) in [5.41, 5.74) is 0.696. The van der Waals surface area contributed by atoms with E-state index in [1.807, 2.05) is 17.5 Å². The molecule has 0 unspecified atom stereocenters. The smallest absolute Gasteiger partial charge is 0.326 e. The average Bonchev–Trinajstić information content (AvgIpc) is 3.10. The van der Waals surface area contributed by atoms with Crippen molar-refractivity contribution in [3.63, 3.8) is 0 Å². The molecule has 0 spiro atoms. The zero-order chi connectivity index (χ0) is 16.1. The molecule has 118 valence electrons. The van der Waals surface area contributed by atoms with Crippen molar-refractivity contribution in [3.8, 4) is 0 Å². The van der Waals surface area contributed by atoms with E-state index in [0.29, 0.717) is 12.2 Å². The Hall–Kier alpha value is -1.93. The van der Waals surface area contributed by atoms with Crippen LogP contribution in [0.1, 0.15) is 17.5 Å². The van der Waals surface area contributed by atoms with Gasteiger partial charge in [0.25, 0.3) is 5.91 Å². The van der Waals surface area contributed by atoms with Gasteiger partial charge in [-0.2, -0.15) is 0 Å². The Morgan fingerprint density at radius 1 is 1.41 bits per heavy atom. The second-order valence-corrected chi connectivity index (χ2v) is 6.51. The molecule has 0 radical (unpaired) electrons. The highest BCUT2D eigenvalue weighted by molar-refractivity contribution is 7.09. The van der Waals surface area contributed by atoms with E-state index in [9.17, 15) is 14.4 Å². The highest BCUT2D eigenvalue weighted by Gasteiger charge is 2.18. The quantitative estimate of drug-likeness (QED) is 0.809. The lowest BCUT2D eigenvalue weighted by Gasteiger charge is -2.13. The predicted octanol–water partition coefficient (Wildman–Crippen LogP) is 1.53. The summed E-state index contributed by atoms with van der Waals surface area (Å²) in [6.45, 7) is 3.46. The number of aryl methyl sites for hydroxylation is 1. The molecule has 2 aromatic heterocycles. The van der Waals surface area contributed by atoms with E-state index in [1.165, 1.54) is 22.8 Å². The molecule has 2 aromatic rings. The molecule has 2 heterocycles. The normalized spacial score (nSPS) is 11.9. The van der Waals surface area contributed by atoms with E-state index in [2.05, 4.69) is 5.32 Å². The lowest BCUT2D eigenvalue weighted by molar-refractivity contribution is -0.155. The number of nitrogens with zero attached hydrogens (tertiary/aromatic N) is 1. The SMILES string of the molecule is Cc1csc(=O)n1CC(=O)O[C@H](C)C(=O)NCc1cccs1. The Balaban J connectivity index is 1.83. The van der Waals surface area contributed by atoms with Crippen molar-refractivity contribution >= 4 is 34.6 Å². The van der Waals surface area contributed by atoms with Crippen molar-refractivity contribution in [2.75, 3.05) is 0 Å². The van der Waals surface area contributed by atoms with Crippen LogP contribution in [0.2, 0.25) is 0 Å². The molecule has 0 fully saturated rings. The van der Waals surface area contributed by atoms with Crippen LogP contribution in [-0.2, 0) is 27.4 Å². The number of nitrogens with one attached hydrogen (secondary N) is 1. The van der Waals surface area contributed by atoms with Gasteiger partial charge < -0.3 is 10.1 Å². The summed E-state index contributed by atoms with van der Waals surface area (Å²) in [7, 11) is 0. The van der Waals surface area contributed by atoms with E-state index in [-0.39, 0.29) is 17.3 Å². The van der Waals surface area contributed by atoms with Crippen molar-refractivity contribution in [1.82, 2.24) is 9.88 Å². The second kappa shape index (κ2) is 7.37. The van der Waals surface area contributed by atoms with E-state index < -0.39 is 12.1 Å². The summed E-state index contributed by atoms with van der Waals surface area (Å²) in [5, 5.41) is 6.30. The third kappa shape index (κ3) is 4.28. The molecule has 8 heteroatoms. The number of rotatable bonds is 6. The van der Waals surface area contributed by atoms with Gasteiger partial charge in [-0.3, -0.25) is 19.0 Å².